The monoisotopic (exact) mass is 146 g/mol. The van der Waals surface area contributed by atoms with Gasteiger partial charge in [-0.3, -0.25) is 4.98 Å². The number of anilines is 1. The first-order chi connectivity index (χ1) is 5.29. The topological polar surface area (TPSA) is 38.9 Å². The van der Waals surface area contributed by atoms with Crippen molar-refractivity contribution in [2.75, 3.05) is 5.73 Å². The van der Waals surface area contributed by atoms with E-state index >= 15 is 0 Å². The third-order valence-corrected chi connectivity index (χ3v) is 1.47. The van der Waals surface area contributed by atoms with Crippen LogP contribution in [0.15, 0.2) is 25.6 Å². The summed E-state index contributed by atoms with van der Waals surface area (Å²) in [5.41, 5.74) is 8.08. The minimum absolute atomic E-state index is 0.636. The predicted molar refractivity (Wildman–Crippen MR) is 48.8 cm³/mol. The van der Waals surface area contributed by atoms with E-state index in [1.807, 2.05) is 0 Å². The second-order valence-electron chi connectivity index (χ2n) is 2.14. The lowest BCUT2D eigenvalue weighted by atomic mass is 10.1. The normalized spacial score (nSPS) is 9.09. The highest BCUT2D eigenvalue weighted by molar-refractivity contribution is 5.72. The molecule has 2 N–H and O–H groups in total. The smallest absolute Gasteiger partial charge is 0.0580 e. The van der Waals surface area contributed by atoms with Gasteiger partial charge in [0.2, 0.25) is 0 Å². The van der Waals surface area contributed by atoms with Gasteiger partial charge in [0.1, 0.15) is 0 Å². The maximum Gasteiger partial charge on any atom is 0.0580 e. The summed E-state index contributed by atoms with van der Waals surface area (Å²) in [6.07, 6.45) is 6.72. The quantitative estimate of drug-likeness (QED) is 0.692. The molecule has 0 aliphatic heterocycles. The molecule has 0 unspecified atom stereocenters. The number of nitrogen functional groups attached to an aromatic ring is 1. The summed E-state index contributed by atoms with van der Waals surface area (Å²) in [6.45, 7) is 7.28. The molecule has 11 heavy (non-hydrogen) atoms. The molecular weight excluding hydrogens is 136 g/mol. The van der Waals surface area contributed by atoms with Crippen LogP contribution < -0.4 is 5.73 Å². The summed E-state index contributed by atoms with van der Waals surface area (Å²) in [7, 11) is 0. The van der Waals surface area contributed by atoms with Gasteiger partial charge in [-0.15, -0.1) is 0 Å². The van der Waals surface area contributed by atoms with Gasteiger partial charge < -0.3 is 5.73 Å². The Morgan fingerprint density at radius 2 is 2.00 bits per heavy atom. The van der Waals surface area contributed by atoms with E-state index in [-0.39, 0.29) is 0 Å². The Morgan fingerprint density at radius 1 is 1.27 bits per heavy atom. The van der Waals surface area contributed by atoms with E-state index in [0.717, 1.165) is 11.1 Å². The molecule has 2 heteroatoms. The minimum atomic E-state index is 0.636. The molecule has 1 heterocycles. The highest BCUT2D eigenvalue weighted by atomic mass is 14.7. The second-order valence-corrected chi connectivity index (χ2v) is 2.14. The van der Waals surface area contributed by atoms with Crippen LogP contribution in [0.4, 0.5) is 5.69 Å². The molecule has 0 saturated heterocycles. The summed E-state index contributed by atoms with van der Waals surface area (Å²) in [5, 5.41) is 0. The molecule has 0 amide bonds. The molecule has 0 bridgehead atoms. The Kier molecular flexibility index (Phi) is 2.06. The zero-order valence-corrected chi connectivity index (χ0v) is 6.25. The zero-order valence-electron chi connectivity index (χ0n) is 6.25. The molecule has 1 rings (SSSR count). The van der Waals surface area contributed by atoms with E-state index in [9.17, 15) is 0 Å². The van der Waals surface area contributed by atoms with Crippen LogP contribution in [-0.2, 0) is 0 Å². The SMILES string of the molecule is C=Cc1cncc(N)c1C=C. The Balaban J connectivity index is 3.35. The maximum atomic E-state index is 5.63. The van der Waals surface area contributed by atoms with Gasteiger partial charge in [-0.05, 0) is 0 Å². The summed E-state index contributed by atoms with van der Waals surface area (Å²) in [4.78, 5) is 3.92. The highest BCUT2D eigenvalue weighted by Gasteiger charge is 1.98. The molecule has 0 aliphatic rings. The summed E-state index contributed by atoms with van der Waals surface area (Å²) < 4.78 is 0. The zero-order chi connectivity index (χ0) is 8.27. The maximum absolute atomic E-state index is 5.63. The van der Waals surface area contributed by atoms with E-state index < -0.39 is 0 Å². The molecular formula is C9H10N2. The Hall–Kier alpha value is -1.57. The average molecular weight is 146 g/mol. The number of hydrogen-bond acceptors (Lipinski definition) is 2. The largest absolute Gasteiger partial charge is 0.397 e. The lowest BCUT2D eigenvalue weighted by Gasteiger charge is -2.02. The molecule has 0 aromatic carbocycles. The van der Waals surface area contributed by atoms with Crippen molar-refractivity contribution < 1.29 is 0 Å². The summed E-state index contributed by atoms with van der Waals surface area (Å²) in [6, 6.07) is 0. The molecule has 0 fully saturated rings. The summed E-state index contributed by atoms with van der Waals surface area (Å²) >= 11 is 0. The van der Waals surface area contributed by atoms with Crippen molar-refractivity contribution in [1.82, 2.24) is 4.98 Å². The first-order valence-corrected chi connectivity index (χ1v) is 3.28. The highest BCUT2D eigenvalue weighted by Crippen LogP contribution is 2.16. The fourth-order valence-electron chi connectivity index (χ4n) is 0.902. The number of pyridine rings is 1. The molecule has 1 aromatic heterocycles. The molecule has 56 valence electrons. The molecule has 0 spiro atoms. The van der Waals surface area contributed by atoms with Gasteiger partial charge in [-0.25, -0.2) is 0 Å². The van der Waals surface area contributed by atoms with Crippen LogP contribution in [0, 0.1) is 0 Å². The van der Waals surface area contributed by atoms with Gasteiger partial charge >= 0.3 is 0 Å². The first kappa shape index (κ1) is 7.54. The van der Waals surface area contributed by atoms with Crippen molar-refractivity contribution >= 4 is 17.8 Å². The van der Waals surface area contributed by atoms with Crippen LogP contribution in [0.2, 0.25) is 0 Å². The van der Waals surface area contributed by atoms with E-state index in [4.69, 9.17) is 5.73 Å². The van der Waals surface area contributed by atoms with Crippen LogP contribution >= 0.6 is 0 Å². The van der Waals surface area contributed by atoms with Crippen molar-refractivity contribution in [1.29, 1.82) is 0 Å². The van der Waals surface area contributed by atoms with Gasteiger partial charge in [-0.1, -0.05) is 25.3 Å². The fourth-order valence-corrected chi connectivity index (χ4v) is 0.902. The number of hydrogen-bond donors (Lipinski definition) is 1. The Labute approximate surface area is 66.1 Å². The van der Waals surface area contributed by atoms with Crippen molar-refractivity contribution in [3.8, 4) is 0 Å². The van der Waals surface area contributed by atoms with Crippen molar-refractivity contribution in [3.63, 3.8) is 0 Å². The van der Waals surface area contributed by atoms with Gasteiger partial charge in [-0.2, -0.15) is 0 Å². The van der Waals surface area contributed by atoms with Gasteiger partial charge in [0.05, 0.1) is 11.9 Å². The van der Waals surface area contributed by atoms with E-state index in [1.54, 1.807) is 24.5 Å². The number of rotatable bonds is 2. The molecule has 0 saturated carbocycles. The van der Waals surface area contributed by atoms with Crippen molar-refractivity contribution in [2.24, 2.45) is 0 Å². The van der Waals surface area contributed by atoms with Crippen LogP contribution in [0.25, 0.3) is 12.2 Å². The fraction of sp³-hybridized carbons (Fsp3) is 0. The van der Waals surface area contributed by atoms with Crippen LogP contribution in [0.1, 0.15) is 11.1 Å². The van der Waals surface area contributed by atoms with Gasteiger partial charge in [0, 0.05) is 17.3 Å². The molecule has 1 aromatic rings. The third kappa shape index (κ3) is 1.29. The van der Waals surface area contributed by atoms with Gasteiger partial charge in [0.15, 0.2) is 0 Å². The lowest BCUT2D eigenvalue weighted by molar-refractivity contribution is 1.31. The van der Waals surface area contributed by atoms with Crippen LogP contribution in [0.3, 0.4) is 0 Å². The number of aromatic nitrogens is 1. The molecule has 2 nitrogen and oxygen atoms in total. The lowest BCUT2D eigenvalue weighted by Crippen LogP contribution is -1.92. The van der Waals surface area contributed by atoms with E-state index in [1.165, 1.54) is 0 Å². The van der Waals surface area contributed by atoms with E-state index in [0.29, 0.717) is 5.69 Å². The van der Waals surface area contributed by atoms with Crippen molar-refractivity contribution in [2.45, 2.75) is 0 Å². The Bertz CT molecular complexity index is 290. The van der Waals surface area contributed by atoms with Crippen molar-refractivity contribution in [3.05, 3.63) is 36.7 Å². The van der Waals surface area contributed by atoms with Gasteiger partial charge in [0.25, 0.3) is 0 Å². The van der Waals surface area contributed by atoms with Crippen LogP contribution in [-0.4, -0.2) is 4.98 Å². The third-order valence-electron chi connectivity index (χ3n) is 1.47. The predicted octanol–water partition coefficient (Wildman–Crippen LogP) is 1.95. The molecule has 0 atom stereocenters. The molecule has 0 aliphatic carbocycles. The van der Waals surface area contributed by atoms with Crippen LogP contribution in [0.5, 0.6) is 0 Å². The standard InChI is InChI=1S/C9H10N2/c1-3-7-5-11-6-9(10)8(7)4-2/h3-6H,1-2,10H2. The first-order valence-electron chi connectivity index (χ1n) is 3.28. The second kappa shape index (κ2) is 3.01. The summed E-state index contributed by atoms with van der Waals surface area (Å²) in [5.74, 6) is 0. The minimum Gasteiger partial charge on any atom is -0.397 e. The number of nitrogens with two attached hydrogens (primary N) is 1. The van der Waals surface area contributed by atoms with E-state index in [2.05, 4.69) is 18.1 Å². The Morgan fingerprint density at radius 3 is 2.45 bits per heavy atom. The molecule has 0 radical (unpaired) electrons. The average Bonchev–Trinajstić information content (AvgIpc) is 2.04. The number of nitrogens with zero attached hydrogens (tertiary/aromatic N) is 1.